The molecule has 7 aromatic rings. The Balaban J connectivity index is 1.34. The van der Waals surface area contributed by atoms with Crippen LogP contribution in [0.25, 0.3) is 44.2 Å². The van der Waals surface area contributed by atoms with Crippen LogP contribution in [0.4, 0.5) is 17.1 Å². The quantitative estimate of drug-likeness (QED) is 0.193. The lowest BCUT2D eigenvalue weighted by atomic mass is 9.82. The molecular weight excluding hydrogens is 567 g/mol. The van der Waals surface area contributed by atoms with E-state index in [9.17, 15) is 0 Å². The largest absolute Gasteiger partial charge is 0.310 e. The molecule has 9 rings (SSSR count). The normalized spacial score (nSPS) is 14.7. The smallest absolute Gasteiger partial charge is 0.0546 e. The Hall–Kier alpha value is -5.40. The summed E-state index contributed by atoms with van der Waals surface area (Å²) in [4.78, 5) is 2.50. The van der Waals surface area contributed by atoms with Gasteiger partial charge in [-0.15, -0.1) is 0 Å². The minimum atomic E-state index is -0.0971. The van der Waals surface area contributed by atoms with E-state index in [2.05, 4.69) is 184 Å². The third-order valence-corrected chi connectivity index (χ3v) is 10.9. The number of hydrogen-bond acceptors (Lipinski definition) is 1. The molecule has 1 nitrogen and oxygen atoms in total. The van der Waals surface area contributed by atoms with Crippen molar-refractivity contribution in [2.45, 2.75) is 38.5 Å². The lowest BCUT2D eigenvalue weighted by Gasteiger charge is -2.31. The molecule has 1 heteroatoms. The van der Waals surface area contributed by atoms with E-state index >= 15 is 0 Å². The molecule has 47 heavy (non-hydrogen) atoms. The molecule has 0 atom stereocenters. The Bertz CT molecular complexity index is 2360. The van der Waals surface area contributed by atoms with Crippen LogP contribution in [0.3, 0.4) is 0 Å². The van der Waals surface area contributed by atoms with E-state index in [1.165, 1.54) is 77.8 Å². The van der Waals surface area contributed by atoms with E-state index < -0.39 is 0 Å². The van der Waals surface area contributed by atoms with E-state index in [1.54, 1.807) is 0 Å². The number of fused-ring (bicyclic) bond motifs is 7. The highest BCUT2D eigenvalue weighted by molar-refractivity contribution is 6.05. The minimum absolute atomic E-state index is 0.0448. The summed E-state index contributed by atoms with van der Waals surface area (Å²) in [6.45, 7) is 9.44. The van der Waals surface area contributed by atoms with E-state index in [1.807, 2.05) is 0 Å². The third-order valence-electron chi connectivity index (χ3n) is 10.9. The van der Waals surface area contributed by atoms with Gasteiger partial charge in [0.2, 0.25) is 0 Å². The summed E-state index contributed by atoms with van der Waals surface area (Å²) in [5.74, 6) is 0. The van der Waals surface area contributed by atoms with Crippen molar-refractivity contribution in [2.24, 2.45) is 0 Å². The SMILES string of the molecule is CC1(C)c2ccccc2-c2cc(N(c3ccc4c(c3)C(C)(C)c3ccccc3-4)c3ccc4ccccc4c3-c3ccccc3)ccc21. The third kappa shape index (κ3) is 4.02. The highest BCUT2D eigenvalue weighted by Gasteiger charge is 2.37. The zero-order chi connectivity index (χ0) is 31.9. The van der Waals surface area contributed by atoms with Crippen LogP contribution in [-0.4, -0.2) is 0 Å². The fraction of sp³-hybridized carbons (Fsp3) is 0.130. The number of nitrogens with zero attached hydrogens (tertiary/aromatic N) is 1. The molecule has 0 amide bonds. The van der Waals surface area contributed by atoms with Crippen molar-refractivity contribution in [2.75, 3.05) is 4.90 Å². The van der Waals surface area contributed by atoms with Crippen LogP contribution >= 0.6 is 0 Å². The van der Waals surface area contributed by atoms with Crippen molar-refractivity contribution in [3.8, 4) is 33.4 Å². The molecule has 0 N–H and O–H groups in total. The molecule has 0 spiro atoms. The van der Waals surface area contributed by atoms with Gasteiger partial charge in [-0.25, -0.2) is 0 Å². The van der Waals surface area contributed by atoms with Gasteiger partial charge in [0.15, 0.2) is 0 Å². The summed E-state index contributed by atoms with van der Waals surface area (Å²) >= 11 is 0. The van der Waals surface area contributed by atoms with Crippen LogP contribution in [-0.2, 0) is 10.8 Å². The van der Waals surface area contributed by atoms with E-state index in [-0.39, 0.29) is 10.8 Å². The second-order valence-corrected chi connectivity index (χ2v) is 14.2. The number of anilines is 3. The van der Waals surface area contributed by atoms with Gasteiger partial charge < -0.3 is 4.90 Å². The molecule has 0 radical (unpaired) electrons. The van der Waals surface area contributed by atoms with E-state index in [0.29, 0.717) is 0 Å². The molecule has 0 aromatic heterocycles. The lowest BCUT2D eigenvalue weighted by Crippen LogP contribution is -2.17. The predicted molar refractivity (Wildman–Crippen MR) is 199 cm³/mol. The van der Waals surface area contributed by atoms with Gasteiger partial charge in [0.1, 0.15) is 0 Å². The standard InChI is InChI=1S/C46H37N/c1-45(2)40-21-13-11-19-36(40)38-28-32(24-26-41(38)45)47(33-23-25-37-35-18-10-12-20-39(35)46(3,4)42(37)29-33)43-27-22-30-14-8-9-17-34(30)44(43)31-15-6-5-7-16-31/h5-29H,1-4H3. The second kappa shape index (κ2) is 10.0. The molecule has 7 aromatic carbocycles. The van der Waals surface area contributed by atoms with Gasteiger partial charge in [-0.05, 0) is 91.2 Å². The summed E-state index contributed by atoms with van der Waals surface area (Å²) < 4.78 is 0. The lowest BCUT2D eigenvalue weighted by molar-refractivity contribution is 0.660. The number of rotatable bonds is 4. The molecular formula is C46H37N. The maximum Gasteiger partial charge on any atom is 0.0546 e. The van der Waals surface area contributed by atoms with Gasteiger partial charge >= 0.3 is 0 Å². The molecule has 0 fully saturated rings. The van der Waals surface area contributed by atoms with Crippen LogP contribution in [0.15, 0.2) is 152 Å². The molecule has 0 unspecified atom stereocenters. The van der Waals surface area contributed by atoms with Crippen molar-refractivity contribution in [3.63, 3.8) is 0 Å². The predicted octanol–water partition coefficient (Wildman–Crippen LogP) is 12.6. The number of hydrogen-bond donors (Lipinski definition) is 0. The van der Waals surface area contributed by atoms with Crippen molar-refractivity contribution in [1.82, 2.24) is 0 Å². The first kappa shape index (κ1) is 27.9. The molecule has 0 heterocycles. The molecule has 0 saturated heterocycles. The van der Waals surface area contributed by atoms with Gasteiger partial charge in [0, 0.05) is 27.8 Å². The van der Waals surface area contributed by atoms with Gasteiger partial charge in [0.25, 0.3) is 0 Å². The summed E-state index contributed by atoms with van der Waals surface area (Å²) in [5, 5.41) is 2.49. The van der Waals surface area contributed by atoms with Crippen LogP contribution in [0.1, 0.15) is 49.9 Å². The summed E-state index contributed by atoms with van der Waals surface area (Å²) in [6, 6.07) is 56.4. The topological polar surface area (TPSA) is 3.24 Å². The van der Waals surface area contributed by atoms with Crippen molar-refractivity contribution in [3.05, 3.63) is 174 Å². The molecule has 0 bridgehead atoms. The molecule has 0 saturated carbocycles. The van der Waals surface area contributed by atoms with E-state index in [0.717, 1.165) is 5.69 Å². The molecule has 2 aliphatic carbocycles. The first-order chi connectivity index (χ1) is 22.8. The van der Waals surface area contributed by atoms with Gasteiger partial charge in [-0.3, -0.25) is 0 Å². The highest BCUT2D eigenvalue weighted by atomic mass is 15.1. The minimum Gasteiger partial charge on any atom is -0.310 e. The second-order valence-electron chi connectivity index (χ2n) is 14.2. The van der Waals surface area contributed by atoms with Crippen molar-refractivity contribution < 1.29 is 0 Å². The molecule has 0 aliphatic heterocycles. The average Bonchev–Trinajstić information content (AvgIpc) is 3.48. The Labute approximate surface area is 277 Å². The van der Waals surface area contributed by atoms with Crippen molar-refractivity contribution >= 4 is 27.8 Å². The van der Waals surface area contributed by atoms with E-state index in [4.69, 9.17) is 0 Å². The Morgan fingerprint density at radius 1 is 0.404 bits per heavy atom. The first-order valence-corrected chi connectivity index (χ1v) is 16.7. The first-order valence-electron chi connectivity index (χ1n) is 16.7. The molecule has 226 valence electrons. The van der Waals surface area contributed by atoms with Crippen molar-refractivity contribution in [1.29, 1.82) is 0 Å². The van der Waals surface area contributed by atoms with Crippen LogP contribution < -0.4 is 4.90 Å². The van der Waals surface area contributed by atoms with Crippen LogP contribution in [0.2, 0.25) is 0 Å². The Morgan fingerprint density at radius 2 is 0.957 bits per heavy atom. The summed E-state index contributed by atoms with van der Waals surface area (Å²) in [5.41, 5.74) is 16.7. The monoisotopic (exact) mass is 603 g/mol. The molecule has 2 aliphatic rings. The average molecular weight is 604 g/mol. The fourth-order valence-corrected chi connectivity index (χ4v) is 8.46. The fourth-order valence-electron chi connectivity index (χ4n) is 8.46. The summed E-state index contributed by atoms with van der Waals surface area (Å²) in [6.07, 6.45) is 0. The summed E-state index contributed by atoms with van der Waals surface area (Å²) in [7, 11) is 0. The van der Waals surface area contributed by atoms with Gasteiger partial charge in [0.05, 0.1) is 5.69 Å². The number of benzene rings is 7. The Morgan fingerprint density at radius 3 is 1.72 bits per heavy atom. The zero-order valence-corrected chi connectivity index (χ0v) is 27.4. The van der Waals surface area contributed by atoms with Crippen LogP contribution in [0, 0.1) is 0 Å². The van der Waals surface area contributed by atoms with Crippen LogP contribution in [0.5, 0.6) is 0 Å². The maximum absolute atomic E-state index is 2.50. The van der Waals surface area contributed by atoms with Gasteiger partial charge in [-0.1, -0.05) is 149 Å². The zero-order valence-electron chi connectivity index (χ0n) is 27.4. The Kier molecular flexibility index (Phi) is 5.96. The maximum atomic E-state index is 2.50. The van der Waals surface area contributed by atoms with Gasteiger partial charge in [-0.2, -0.15) is 0 Å². The highest BCUT2D eigenvalue weighted by Crippen LogP contribution is 2.54.